The van der Waals surface area contributed by atoms with Gasteiger partial charge in [0.1, 0.15) is 6.54 Å². The third-order valence-corrected chi connectivity index (χ3v) is 5.46. The van der Waals surface area contributed by atoms with Crippen molar-refractivity contribution in [2.24, 2.45) is 0 Å². The Morgan fingerprint density at radius 1 is 1.00 bits per heavy atom. The monoisotopic (exact) mass is 521 g/mol. The number of carbonyl (C=O) groups is 4. The van der Waals surface area contributed by atoms with E-state index in [-0.39, 0.29) is 17.4 Å². The van der Waals surface area contributed by atoms with E-state index in [1.807, 2.05) is 12.1 Å². The number of amides is 4. The lowest BCUT2D eigenvalue weighted by Crippen LogP contribution is -2.36. The summed E-state index contributed by atoms with van der Waals surface area (Å²) in [6.45, 7) is 1.06. The van der Waals surface area contributed by atoms with Gasteiger partial charge in [-0.25, -0.2) is 0 Å². The smallest absolute Gasteiger partial charge is 0.294 e. The van der Waals surface area contributed by atoms with Gasteiger partial charge in [-0.3, -0.25) is 24.1 Å². The maximum Gasteiger partial charge on any atom is 0.294 e. The van der Waals surface area contributed by atoms with E-state index in [0.717, 1.165) is 20.2 Å². The molecule has 2 aromatic rings. The van der Waals surface area contributed by atoms with Crippen LogP contribution in [0.4, 0.5) is 16.2 Å². The average molecular weight is 521 g/mol. The number of benzene rings is 2. The van der Waals surface area contributed by atoms with Crippen LogP contribution in [0.1, 0.15) is 12.5 Å². The summed E-state index contributed by atoms with van der Waals surface area (Å²) < 4.78 is 1.03. The van der Waals surface area contributed by atoms with Gasteiger partial charge in [-0.15, -0.1) is 0 Å². The van der Waals surface area contributed by atoms with Crippen LogP contribution >= 0.6 is 34.4 Å². The zero-order chi connectivity index (χ0) is 21.0. The second-order valence-electron chi connectivity index (χ2n) is 6.13. The molecule has 1 aliphatic rings. The molecule has 7 nitrogen and oxygen atoms in total. The Morgan fingerprint density at radius 3 is 2.21 bits per heavy atom. The summed E-state index contributed by atoms with van der Waals surface area (Å²) in [4.78, 5) is 49.2. The molecule has 0 atom stereocenters. The van der Waals surface area contributed by atoms with Gasteiger partial charge in [0.15, 0.2) is 0 Å². The highest BCUT2D eigenvalue weighted by atomic mass is 127. The molecule has 0 unspecified atom stereocenters. The predicted molar refractivity (Wildman–Crippen MR) is 121 cm³/mol. The molecule has 0 radical (unpaired) electrons. The third kappa shape index (κ3) is 5.67. The number of halogens is 1. The van der Waals surface area contributed by atoms with Crippen molar-refractivity contribution in [3.05, 3.63) is 62.6 Å². The molecule has 0 saturated carbocycles. The molecule has 1 saturated heterocycles. The van der Waals surface area contributed by atoms with Gasteiger partial charge in [0.25, 0.3) is 11.1 Å². The first-order valence-electron chi connectivity index (χ1n) is 8.50. The standard InChI is InChI=1S/C20H16IN3O4S/c1-12(25)22-15-6-2-13(3-7-15)10-17-19(27)24(20(28)29-17)11-18(26)23-16-8-4-14(21)5-9-16/h2-10H,11H2,1H3,(H,22,25)(H,23,26)/b17-10-. The van der Waals surface area contributed by atoms with E-state index in [4.69, 9.17) is 0 Å². The Bertz CT molecular complexity index is 1000. The van der Waals surface area contributed by atoms with Crippen LogP contribution < -0.4 is 10.6 Å². The van der Waals surface area contributed by atoms with E-state index < -0.39 is 17.1 Å². The summed E-state index contributed by atoms with van der Waals surface area (Å²) in [5.41, 5.74) is 1.93. The summed E-state index contributed by atoms with van der Waals surface area (Å²) in [7, 11) is 0. The molecule has 29 heavy (non-hydrogen) atoms. The Balaban J connectivity index is 1.65. The molecule has 2 N–H and O–H groups in total. The van der Waals surface area contributed by atoms with E-state index in [9.17, 15) is 19.2 Å². The number of carbonyl (C=O) groups excluding carboxylic acids is 4. The van der Waals surface area contributed by atoms with Crippen molar-refractivity contribution in [3.63, 3.8) is 0 Å². The van der Waals surface area contributed by atoms with Gasteiger partial charge in [-0.2, -0.15) is 0 Å². The maximum absolute atomic E-state index is 12.5. The van der Waals surface area contributed by atoms with E-state index in [1.165, 1.54) is 6.92 Å². The molecular weight excluding hydrogens is 505 g/mol. The Morgan fingerprint density at radius 2 is 1.59 bits per heavy atom. The Labute approximate surface area is 185 Å². The minimum absolute atomic E-state index is 0.178. The first kappa shape index (κ1) is 21.1. The van der Waals surface area contributed by atoms with Crippen molar-refractivity contribution in [2.75, 3.05) is 17.2 Å². The zero-order valence-electron chi connectivity index (χ0n) is 15.3. The zero-order valence-corrected chi connectivity index (χ0v) is 18.2. The predicted octanol–water partition coefficient (Wildman–Crippen LogP) is 3.92. The molecule has 4 amide bonds. The van der Waals surface area contributed by atoms with Crippen LogP contribution in [0.25, 0.3) is 6.08 Å². The van der Waals surface area contributed by atoms with Gasteiger partial charge in [-0.05, 0) is 82.4 Å². The van der Waals surface area contributed by atoms with Crippen molar-refractivity contribution in [2.45, 2.75) is 6.92 Å². The highest BCUT2D eigenvalue weighted by Gasteiger charge is 2.36. The number of hydrogen-bond donors (Lipinski definition) is 2. The second kappa shape index (κ2) is 9.23. The number of imide groups is 1. The second-order valence-corrected chi connectivity index (χ2v) is 8.36. The molecule has 1 fully saturated rings. The average Bonchev–Trinajstić information content (AvgIpc) is 2.92. The molecule has 1 heterocycles. The van der Waals surface area contributed by atoms with Crippen LogP contribution in [0.3, 0.4) is 0 Å². The van der Waals surface area contributed by atoms with Gasteiger partial charge in [0.2, 0.25) is 11.8 Å². The molecule has 148 valence electrons. The van der Waals surface area contributed by atoms with Gasteiger partial charge >= 0.3 is 0 Å². The highest BCUT2D eigenvalue weighted by molar-refractivity contribution is 14.1. The normalized spacial score (nSPS) is 15.0. The lowest BCUT2D eigenvalue weighted by atomic mass is 10.2. The number of rotatable bonds is 5. The molecule has 0 aromatic heterocycles. The van der Waals surface area contributed by atoms with Crippen LogP contribution in [-0.4, -0.2) is 34.4 Å². The van der Waals surface area contributed by atoms with Gasteiger partial charge in [0, 0.05) is 21.9 Å². The third-order valence-electron chi connectivity index (χ3n) is 3.83. The van der Waals surface area contributed by atoms with Crippen molar-refractivity contribution >= 4 is 74.8 Å². The van der Waals surface area contributed by atoms with E-state index in [2.05, 4.69) is 33.2 Å². The van der Waals surface area contributed by atoms with Crippen LogP contribution in [-0.2, 0) is 14.4 Å². The molecule has 3 rings (SSSR count). The summed E-state index contributed by atoms with van der Waals surface area (Å²) in [5.74, 6) is -1.14. The maximum atomic E-state index is 12.5. The van der Waals surface area contributed by atoms with Crippen molar-refractivity contribution < 1.29 is 19.2 Å². The number of thioether (sulfide) groups is 1. The fourth-order valence-electron chi connectivity index (χ4n) is 2.53. The fourth-order valence-corrected chi connectivity index (χ4v) is 3.73. The van der Waals surface area contributed by atoms with Gasteiger partial charge in [0.05, 0.1) is 4.91 Å². The topological polar surface area (TPSA) is 95.6 Å². The molecule has 0 spiro atoms. The number of anilines is 2. The van der Waals surface area contributed by atoms with Gasteiger partial charge < -0.3 is 10.6 Å². The number of nitrogens with one attached hydrogen (secondary N) is 2. The summed E-state index contributed by atoms with van der Waals surface area (Å²) in [5, 5.41) is 4.83. The lowest BCUT2D eigenvalue weighted by molar-refractivity contribution is -0.127. The Hall–Kier alpha value is -2.66. The van der Waals surface area contributed by atoms with Crippen LogP contribution in [0.5, 0.6) is 0 Å². The molecule has 0 bridgehead atoms. The van der Waals surface area contributed by atoms with E-state index in [0.29, 0.717) is 16.9 Å². The van der Waals surface area contributed by atoms with Crippen molar-refractivity contribution in [1.82, 2.24) is 4.90 Å². The largest absolute Gasteiger partial charge is 0.326 e. The lowest BCUT2D eigenvalue weighted by Gasteiger charge is -2.12. The molecular formula is C20H16IN3O4S. The van der Waals surface area contributed by atoms with Crippen LogP contribution in [0.2, 0.25) is 0 Å². The summed E-state index contributed by atoms with van der Waals surface area (Å²) in [6, 6.07) is 14.0. The van der Waals surface area contributed by atoms with Gasteiger partial charge in [-0.1, -0.05) is 12.1 Å². The van der Waals surface area contributed by atoms with E-state index in [1.54, 1.807) is 42.5 Å². The van der Waals surface area contributed by atoms with E-state index >= 15 is 0 Å². The highest BCUT2D eigenvalue weighted by Crippen LogP contribution is 2.32. The molecule has 0 aliphatic carbocycles. The molecule has 2 aromatic carbocycles. The van der Waals surface area contributed by atoms with Crippen molar-refractivity contribution in [1.29, 1.82) is 0 Å². The first-order valence-corrected chi connectivity index (χ1v) is 10.4. The minimum atomic E-state index is -0.510. The van der Waals surface area contributed by atoms with Crippen LogP contribution in [0, 0.1) is 3.57 Å². The molecule has 1 aliphatic heterocycles. The summed E-state index contributed by atoms with van der Waals surface area (Å²) in [6.07, 6.45) is 1.58. The number of nitrogens with zero attached hydrogens (tertiary/aromatic N) is 1. The number of hydrogen-bond acceptors (Lipinski definition) is 5. The Kier molecular flexibility index (Phi) is 6.70. The SMILES string of the molecule is CC(=O)Nc1ccc(/C=C2\SC(=O)N(CC(=O)Nc3ccc(I)cc3)C2=O)cc1. The minimum Gasteiger partial charge on any atom is -0.326 e. The van der Waals surface area contributed by atoms with Crippen molar-refractivity contribution in [3.8, 4) is 0 Å². The van der Waals surface area contributed by atoms with Crippen LogP contribution in [0.15, 0.2) is 53.4 Å². The molecule has 9 heteroatoms. The first-order chi connectivity index (χ1) is 13.8. The quantitative estimate of drug-likeness (QED) is 0.460. The fraction of sp³-hybridized carbons (Fsp3) is 0.100. The summed E-state index contributed by atoms with van der Waals surface area (Å²) >= 11 is 2.95.